The Morgan fingerprint density at radius 1 is 0.654 bits per heavy atom. The number of nitrogens with zero attached hydrogens (tertiary/aromatic N) is 3. The minimum absolute atomic E-state index is 0.0879. The largest absolute Gasteiger partial charge is 0.391 e. The highest BCUT2D eigenvalue weighted by molar-refractivity contribution is 5.93. The third-order valence-electron chi connectivity index (χ3n) is 12.3. The number of rotatable bonds is 11. The summed E-state index contributed by atoms with van der Waals surface area (Å²) >= 11 is 0. The van der Waals surface area contributed by atoms with Crippen LogP contribution in [0.1, 0.15) is 87.3 Å². The van der Waals surface area contributed by atoms with Gasteiger partial charge in [-0.1, -0.05) is 110 Å². The molecule has 1 aliphatic carbocycles. The predicted molar refractivity (Wildman–Crippen MR) is 203 cm³/mol. The fraction of sp³-hybridized carbons (Fsp3) is 0.523. The van der Waals surface area contributed by atoms with Crippen molar-refractivity contribution < 1.29 is 19.5 Å². The molecule has 4 atom stereocenters. The van der Waals surface area contributed by atoms with Gasteiger partial charge < -0.3 is 25.1 Å². The Morgan fingerprint density at radius 2 is 1.23 bits per heavy atom. The third-order valence-corrected chi connectivity index (χ3v) is 12.3. The molecule has 3 heterocycles. The predicted octanol–water partition coefficient (Wildman–Crippen LogP) is 5.77. The van der Waals surface area contributed by atoms with Crippen molar-refractivity contribution in [3.63, 3.8) is 0 Å². The van der Waals surface area contributed by atoms with Crippen LogP contribution >= 0.6 is 0 Å². The Kier molecular flexibility index (Phi) is 11.7. The second-order valence-electron chi connectivity index (χ2n) is 15.8. The van der Waals surface area contributed by atoms with Crippen molar-refractivity contribution >= 4 is 17.7 Å². The molecule has 3 aromatic rings. The number of carbonyl (C=O) groups is 3. The molecule has 7 rings (SSSR count). The average Bonchev–Trinajstić information content (AvgIpc) is 3.85. The normalized spacial score (nSPS) is 24.6. The number of carbonyl (C=O) groups excluding carboxylic acids is 3. The van der Waals surface area contributed by atoms with Gasteiger partial charge in [0.15, 0.2) is 0 Å². The number of hydrogen-bond donors (Lipinski definition) is 2. The summed E-state index contributed by atoms with van der Waals surface area (Å²) in [6, 6.07) is 28.9. The van der Waals surface area contributed by atoms with Crippen molar-refractivity contribution in [1.29, 1.82) is 0 Å². The fourth-order valence-electron chi connectivity index (χ4n) is 9.70. The van der Waals surface area contributed by atoms with E-state index in [-0.39, 0.29) is 37.1 Å². The van der Waals surface area contributed by atoms with E-state index in [1.165, 1.54) is 38.6 Å². The average molecular weight is 705 g/mol. The van der Waals surface area contributed by atoms with Crippen LogP contribution in [0.4, 0.5) is 0 Å². The highest BCUT2D eigenvalue weighted by Crippen LogP contribution is 2.43. The zero-order valence-electron chi connectivity index (χ0n) is 30.6. The third kappa shape index (κ3) is 7.98. The molecule has 3 aliphatic heterocycles. The van der Waals surface area contributed by atoms with Gasteiger partial charge in [-0.05, 0) is 73.6 Å². The lowest BCUT2D eigenvalue weighted by Crippen LogP contribution is -2.54. The molecule has 2 N–H and O–H groups in total. The van der Waals surface area contributed by atoms with Crippen molar-refractivity contribution in [2.45, 2.75) is 94.2 Å². The lowest BCUT2D eigenvalue weighted by Gasteiger charge is -2.38. The first-order valence-electron chi connectivity index (χ1n) is 19.9. The first kappa shape index (κ1) is 36.4. The SMILES string of the molecule is O=C(NC[C@H]1CCCN(CC2CCCCC2)C1)[C@H]1CCCN1C(=O)[C@@H]1C[C@@H](O)CN1C(=O)CC(c1ccccc1)(c1ccccc1)c1ccccc1. The number of benzene rings is 3. The molecule has 0 aromatic heterocycles. The molecule has 0 unspecified atom stereocenters. The summed E-state index contributed by atoms with van der Waals surface area (Å²) in [5, 5.41) is 14.2. The number of hydrogen-bond acceptors (Lipinski definition) is 5. The Hall–Kier alpha value is -4.01. The summed E-state index contributed by atoms with van der Waals surface area (Å²) < 4.78 is 0. The van der Waals surface area contributed by atoms with Gasteiger partial charge in [-0.3, -0.25) is 14.4 Å². The summed E-state index contributed by atoms with van der Waals surface area (Å²) in [7, 11) is 0. The molecule has 8 heteroatoms. The number of β-amino-alcohol motifs (C(OH)–C–C–N with tert-alkyl or cyclic N) is 1. The van der Waals surface area contributed by atoms with E-state index >= 15 is 0 Å². The van der Waals surface area contributed by atoms with Crippen LogP contribution in [0.2, 0.25) is 0 Å². The van der Waals surface area contributed by atoms with E-state index in [1.54, 1.807) is 9.80 Å². The molecular formula is C44H56N4O4. The lowest BCUT2D eigenvalue weighted by atomic mass is 9.67. The Bertz CT molecular complexity index is 1530. The smallest absolute Gasteiger partial charge is 0.246 e. The molecule has 276 valence electrons. The molecular weight excluding hydrogens is 649 g/mol. The molecule has 52 heavy (non-hydrogen) atoms. The summed E-state index contributed by atoms with van der Waals surface area (Å²) in [5.74, 6) is 0.712. The number of aliphatic hydroxyl groups is 1. The summed E-state index contributed by atoms with van der Waals surface area (Å²) in [5.41, 5.74) is 2.13. The number of nitrogens with one attached hydrogen (secondary N) is 1. The Balaban J connectivity index is 1.05. The van der Waals surface area contributed by atoms with E-state index in [9.17, 15) is 19.5 Å². The highest BCUT2D eigenvalue weighted by Gasteiger charge is 2.47. The zero-order valence-corrected chi connectivity index (χ0v) is 30.6. The number of likely N-dealkylation sites (tertiary alicyclic amines) is 3. The topological polar surface area (TPSA) is 93.2 Å². The summed E-state index contributed by atoms with van der Waals surface area (Å²) in [6.45, 7) is 4.56. The summed E-state index contributed by atoms with van der Waals surface area (Å²) in [4.78, 5) is 48.6. The van der Waals surface area contributed by atoms with Gasteiger partial charge in [-0.2, -0.15) is 0 Å². The van der Waals surface area contributed by atoms with Gasteiger partial charge in [-0.25, -0.2) is 0 Å². The van der Waals surface area contributed by atoms with Crippen molar-refractivity contribution in [2.75, 3.05) is 39.3 Å². The molecule has 0 radical (unpaired) electrons. The minimum atomic E-state index is -0.817. The van der Waals surface area contributed by atoms with Crippen LogP contribution in [0, 0.1) is 11.8 Å². The molecule has 4 aliphatic rings. The van der Waals surface area contributed by atoms with Gasteiger partial charge in [0.05, 0.1) is 11.5 Å². The second kappa shape index (κ2) is 16.8. The molecule has 4 fully saturated rings. The maximum Gasteiger partial charge on any atom is 0.246 e. The van der Waals surface area contributed by atoms with Gasteiger partial charge in [0.1, 0.15) is 12.1 Å². The Labute approximate surface area is 309 Å². The van der Waals surface area contributed by atoms with Crippen molar-refractivity contribution in [1.82, 2.24) is 20.0 Å². The molecule has 8 nitrogen and oxygen atoms in total. The number of aliphatic hydroxyl groups excluding tert-OH is 1. The van der Waals surface area contributed by atoms with Gasteiger partial charge >= 0.3 is 0 Å². The Morgan fingerprint density at radius 3 is 1.85 bits per heavy atom. The molecule has 3 aromatic carbocycles. The van der Waals surface area contributed by atoms with E-state index in [0.29, 0.717) is 25.4 Å². The molecule has 3 amide bonds. The second-order valence-corrected chi connectivity index (χ2v) is 15.8. The maximum absolute atomic E-state index is 14.7. The van der Waals surface area contributed by atoms with Crippen LogP contribution in [-0.4, -0.2) is 95.0 Å². The first-order valence-corrected chi connectivity index (χ1v) is 19.9. The molecule has 3 saturated heterocycles. The van der Waals surface area contributed by atoms with Crippen molar-refractivity contribution in [3.05, 3.63) is 108 Å². The zero-order chi connectivity index (χ0) is 35.9. The number of amides is 3. The van der Waals surface area contributed by atoms with Gasteiger partial charge in [0, 0.05) is 45.6 Å². The highest BCUT2D eigenvalue weighted by atomic mass is 16.3. The van der Waals surface area contributed by atoms with Gasteiger partial charge in [0.25, 0.3) is 0 Å². The quantitative estimate of drug-likeness (QED) is 0.248. The minimum Gasteiger partial charge on any atom is -0.391 e. The maximum atomic E-state index is 14.7. The van der Waals surface area contributed by atoms with E-state index in [4.69, 9.17) is 0 Å². The van der Waals surface area contributed by atoms with Crippen LogP contribution in [0.3, 0.4) is 0 Å². The standard InChI is InChI=1S/C44H56N4O4/c49-38-27-40(43(52)47-26-14-24-39(47)42(51)45-29-34-17-13-25-46(31-34)30-33-15-5-1-6-16-33)48(32-38)41(50)28-44(35-18-7-2-8-19-35,36-20-9-3-10-21-36)37-22-11-4-12-23-37/h2-4,7-12,18-23,33-34,38-40,49H,1,5-6,13-17,24-32H2,(H,45,51)/t34-,38-,39-,40+/m1/s1. The number of piperidine rings is 1. The summed E-state index contributed by atoms with van der Waals surface area (Å²) in [6.07, 6.45) is 9.85. The van der Waals surface area contributed by atoms with E-state index in [1.807, 2.05) is 54.6 Å². The fourth-order valence-corrected chi connectivity index (χ4v) is 9.70. The van der Waals surface area contributed by atoms with Crippen molar-refractivity contribution in [3.8, 4) is 0 Å². The van der Waals surface area contributed by atoms with Gasteiger partial charge in [-0.15, -0.1) is 0 Å². The molecule has 1 saturated carbocycles. The lowest BCUT2D eigenvalue weighted by molar-refractivity contribution is -0.146. The van der Waals surface area contributed by atoms with E-state index in [0.717, 1.165) is 55.0 Å². The van der Waals surface area contributed by atoms with Gasteiger partial charge in [0.2, 0.25) is 17.7 Å². The van der Waals surface area contributed by atoms with E-state index < -0.39 is 23.6 Å². The first-order chi connectivity index (χ1) is 25.4. The van der Waals surface area contributed by atoms with Crippen LogP contribution < -0.4 is 5.32 Å². The van der Waals surface area contributed by atoms with Crippen molar-refractivity contribution in [2.24, 2.45) is 11.8 Å². The molecule has 0 spiro atoms. The van der Waals surface area contributed by atoms with Crippen LogP contribution in [-0.2, 0) is 19.8 Å². The van der Waals surface area contributed by atoms with Crippen LogP contribution in [0.25, 0.3) is 0 Å². The molecule has 0 bridgehead atoms. The van der Waals surface area contributed by atoms with E-state index in [2.05, 4.69) is 46.6 Å². The monoisotopic (exact) mass is 704 g/mol. The van der Waals surface area contributed by atoms with Crippen LogP contribution in [0.15, 0.2) is 91.0 Å². The van der Waals surface area contributed by atoms with Crippen LogP contribution in [0.5, 0.6) is 0 Å².